The van der Waals surface area contributed by atoms with E-state index < -0.39 is 18.0 Å². The topological polar surface area (TPSA) is 52.3 Å². The summed E-state index contributed by atoms with van der Waals surface area (Å²) in [5.74, 6) is -0.599. The van der Waals surface area contributed by atoms with E-state index in [2.05, 4.69) is 11.3 Å². The number of halogens is 1. The summed E-state index contributed by atoms with van der Waals surface area (Å²) < 4.78 is 17.2. The normalized spacial score (nSPS) is 14.1. The molecule has 0 aliphatic rings. The van der Waals surface area contributed by atoms with E-state index in [4.69, 9.17) is 5.73 Å². The third-order valence-corrected chi connectivity index (χ3v) is 1.44. The molecule has 0 bridgehead atoms. The zero-order chi connectivity index (χ0) is 11.1. The lowest BCUT2D eigenvalue weighted by Crippen LogP contribution is -2.21. The average Bonchev–Trinajstić information content (AvgIpc) is 2.01. The second kappa shape index (κ2) is 5.96. The lowest BCUT2D eigenvalue weighted by molar-refractivity contribution is 0.133. The average molecular weight is 199 g/mol. The Balaban J connectivity index is 4.65. The van der Waals surface area contributed by atoms with Gasteiger partial charge in [0.15, 0.2) is 0 Å². The molecule has 0 saturated heterocycles. The number of carbonyl (C=O) groups is 1. The fourth-order valence-corrected chi connectivity index (χ4v) is 0.917. The van der Waals surface area contributed by atoms with Gasteiger partial charge in [-0.15, -0.1) is 0 Å². The number of hydrogen-bond acceptors (Lipinski definition) is 2. The molecule has 1 unspecified atom stereocenters. The Morgan fingerprint density at radius 2 is 2.21 bits per heavy atom. The van der Waals surface area contributed by atoms with Gasteiger partial charge in [0, 0.05) is 0 Å². The van der Waals surface area contributed by atoms with E-state index >= 15 is 0 Å². The fraction of sp³-hybridized carbons (Fsp3) is 0.300. The van der Waals surface area contributed by atoms with Crippen molar-refractivity contribution in [3.63, 3.8) is 0 Å². The standard InChI is InChI=1S/C10H14FNO2/c1-4-5-9(6-7(2)11)8(3)14-10(12)13/h4-6,8H,2H2,1,3H3,(H2,12,13). The van der Waals surface area contributed by atoms with Gasteiger partial charge in [-0.2, -0.15) is 0 Å². The Morgan fingerprint density at radius 1 is 1.64 bits per heavy atom. The fourth-order valence-electron chi connectivity index (χ4n) is 0.917. The van der Waals surface area contributed by atoms with E-state index in [1.54, 1.807) is 26.0 Å². The van der Waals surface area contributed by atoms with Gasteiger partial charge in [0.05, 0.1) is 0 Å². The zero-order valence-corrected chi connectivity index (χ0v) is 8.29. The molecule has 0 fully saturated rings. The van der Waals surface area contributed by atoms with Gasteiger partial charge < -0.3 is 10.5 Å². The second-order valence-corrected chi connectivity index (χ2v) is 2.67. The van der Waals surface area contributed by atoms with Crippen LogP contribution in [0.5, 0.6) is 0 Å². The predicted octanol–water partition coefficient (Wildman–Crippen LogP) is 2.46. The van der Waals surface area contributed by atoms with Crippen LogP contribution in [0.1, 0.15) is 13.8 Å². The number of primary amides is 1. The van der Waals surface area contributed by atoms with Crippen molar-refractivity contribution in [2.75, 3.05) is 0 Å². The Morgan fingerprint density at radius 3 is 2.57 bits per heavy atom. The summed E-state index contributed by atoms with van der Waals surface area (Å²) in [6.45, 7) is 6.46. The highest BCUT2D eigenvalue weighted by atomic mass is 19.1. The summed E-state index contributed by atoms with van der Waals surface area (Å²) in [7, 11) is 0. The second-order valence-electron chi connectivity index (χ2n) is 2.67. The minimum Gasteiger partial charge on any atom is -0.442 e. The SMILES string of the molecule is C=C(F)C=C(C=CC)C(C)OC(N)=O. The first-order valence-electron chi connectivity index (χ1n) is 4.12. The van der Waals surface area contributed by atoms with Crippen molar-refractivity contribution in [2.24, 2.45) is 5.73 Å². The van der Waals surface area contributed by atoms with Crippen LogP contribution in [0, 0.1) is 0 Å². The maximum Gasteiger partial charge on any atom is 0.405 e. The molecule has 0 aliphatic heterocycles. The highest BCUT2D eigenvalue weighted by molar-refractivity contribution is 5.65. The van der Waals surface area contributed by atoms with Crippen LogP contribution in [0.3, 0.4) is 0 Å². The molecule has 0 aliphatic carbocycles. The highest BCUT2D eigenvalue weighted by Crippen LogP contribution is 2.11. The smallest absolute Gasteiger partial charge is 0.405 e. The largest absolute Gasteiger partial charge is 0.442 e. The molecule has 0 rings (SSSR count). The van der Waals surface area contributed by atoms with Gasteiger partial charge in [0.25, 0.3) is 0 Å². The van der Waals surface area contributed by atoms with Crippen molar-refractivity contribution in [3.8, 4) is 0 Å². The zero-order valence-electron chi connectivity index (χ0n) is 8.29. The minimum atomic E-state index is -0.891. The maximum absolute atomic E-state index is 12.5. The molecule has 78 valence electrons. The summed E-state index contributed by atoms with van der Waals surface area (Å²) in [6, 6.07) is 0. The number of amides is 1. The van der Waals surface area contributed by atoms with E-state index in [-0.39, 0.29) is 0 Å². The molecule has 0 spiro atoms. The summed E-state index contributed by atoms with van der Waals surface area (Å²) in [5.41, 5.74) is 5.33. The number of carbonyl (C=O) groups excluding carboxylic acids is 1. The van der Waals surface area contributed by atoms with E-state index in [9.17, 15) is 9.18 Å². The van der Waals surface area contributed by atoms with Crippen LogP contribution in [-0.2, 0) is 4.74 Å². The van der Waals surface area contributed by atoms with Gasteiger partial charge in [-0.05, 0) is 25.5 Å². The third kappa shape index (κ3) is 5.13. The molecular formula is C10H14FNO2. The lowest BCUT2D eigenvalue weighted by atomic mass is 10.1. The first-order valence-corrected chi connectivity index (χ1v) is 4.12. The third-order valence-electron chi connectivity index (χ3n) is 1.44. The minimum absolute atomic E-state index is 0.499. The van der Waals surface area contributed by atoms with E-state index in [0.29, 0.717) is 5.57 Å². The van der Waals surface area contributed by atoms with Crippen molar-refractivity contribution in [3.05, 3.63) is 36.2 Å². The molecule has 0 aromatic carbocycles. The van der Waals surface area contributed by atoms with Crippen molar-refractivity contribution in [2.45, 2.75) is 20.0 Å². The van der Waals surface area contributed by atoms with Gasteiger partial charge in [-0.25, -0.2) is 9.18 Å². The van der Waals surface area contributed by atoms with Crippen LogP contribution < -0.4 is 5.73 Å². The molecule has 0 saturated carbocycles. The highest BCUT2D eigenvalue weighted by Gasteiger charge is 2.09. The summed E-state index contributed by atoms with van der Waals surface area (Å²) in [4.78, 5) is 10.4. The molecule has 0 heterocycles. The number of nitrogens with two attached hydrogens (primary N) is 1. The Labute approximate surface area is 82.7 Å². The molecular weight excluding hydrogens is 185 g/mol. The quantitative estimate of drug-likeness (QED) is 0.707. The van der Waals surface area contributed by atoms with Crippen molar-refractivity contribution < 1.29 is 13.9 Å². The number of ether oxygens (including phenoxy) is 1. The van der Waals surface area contributed by atoms with E-state index in [0.717, 1.165) is 0 Å². The summed E-state index contributed by atoms with van der Waals surface area (Å²) in [5, 5.41) is 0. The van der Waals surface area contributed by atoms with E-state index in [1.165, 1.54) is 6.08 Å². The van der Waals surface area contributed by atoms with Crippen LogP contribution in [-0.4, -0.2) is 12.2 Å². The summed E-state index contributed by atoms with van der Waals surface area (Å²) >= 11 is 0. The molecule has 0 radical (unpaired) electrons. The van der Waals surface area contributed by atoms with Gasteiger partial charge in [0.1, 0.15) is 11.9 Å². The van der Waals surface area contributed by atoms with Crippen molar-refractivity contribution in [1.29, 1.82) is 0 Å². The summed E-state index contributed by atoms with van der Waals surface area (Å²) in [6.07, 6.45) is 3.04. The molecule has 0 aromatic heterocycles. The van der Waals surface area contributed by atoms with Crippen LogP contribution in [0.25, 0.3) is 0 Å². The van der Waals surface area contributed by atoms with Gasteiger partial charge in [-0.3, -0.25) is 0 Å². The van der Waals surface area contributed by atoms with Crippen molar-refractivity contribution >= 4 is 6.09 Å². The number of allylic oxidation sites excluding steroid dienone is 3. The molecule has 1 amide bonds. The number of hydrogen-bond donors (Lipinski definition) is 1. The first kappa shape index (κ1) is 12.4. The van der Waals surface area contributed by atoms with Gasteiger partial charge in [0.2, 0.25) is 0 Å². The monoisotopic (exact) mass is 199 g/mol. The molecule has 2 N–H and O–H groups in total. The molecule has 0 aromatic rings. The Bertz CT molecular complexity index is 282. The number of rotatable bonds is 4. The van der Waals surface area contributed by atoms with Crippen molar-refractivity contribution in [1.82, 2.24) is 0 Å². The molecule has 1 atom stereocenters. The van der Waals surface area contributed by atoms with Gasteiger partial charge >= 0.3 is 6.09 Å². The Hall–Kier alpha value is -1.58. The predicted molar refractivity (Wildman–Crippen MR) is 53.3 cm³/mol. The lowest BCUT2D eigenvalue weighted by Gasteiger charge is -2.12. The maximum atomic E-state index is 12.5. The molecule has 14 heavy (non-hydrogen) atoms. The van der Waals surface area contributed by atoms with Crippen LogP contribution >= 0.6 is 0 Å². The Kier molecular flexibility index (Phi) is 5.29. The van der Waals surface area contributed by atoms with Gasteiger partial charge in [-0.1, -0.05) is 18.7 Å². The first-order chi connectivity index (χ1) is 6.47. The van der Waals surface area contributed by atoms with Crippen LogP contribution in [0.4, 0.5) is 9.18 Å². The molecule has 4 heteroatoms. The molecule has 3 nitrogen and oxygen atoms in total. The van der Waals surface area contributed by atoms with E-state index in [1.807, 2.05) is 0 Å². The van der Waals surface area contributed by atoms with Crippen LogP contribution in [0.15, 0.2) is 36.2 Å². The van der Waals surface area contributed by atoms with Crippen LogP contribution in [0.2, 0.25) is 0 Å².